The normalized spacial score (nSPS) is 13.5. The predicted octanol–water partition coefficient (Wildman–Crippen LogP) is 4.43. The zero-order valence-electron chi connectivity index (χ0n) is 18.7. The largest absolute Gasteiger partial charge is 0.331 e. The number of aromatic nitrogens is 2. The molecule has 0 radical (unpaired) electrons. The van der Waals surface area contributed by atoms with Crippen molar-refractivity contribution >= 4 is 56.5 Å². The SMILES string of the molecule is CC(C)Cn1c(=O)n(C)c(=O)c2c(Sc3cccs3)c(CN3C(=O)c4ccccc4C3=O)sc21. The standard InChI is InChI=1S/C24H21N3O4S3/c1-13(2)11-27-23-18(22(30)25(3)24(27)31)19(34-17-9-6-10-32-17)16(33-23)12-26-20(28)14-7-4-5-8-15(14)21(26)29/h4-10,13H,11-12H2,1-3H3. The van der Waals surface area contributed by atoms with Crippen molar-refractivity contribution in [1.82, 2.24) is 14.0 Å². The van der Waals surface area contributed by atoms with Crippen molar-refractivity contribution in [3.63, 3.8) is 0 Å². The lowest BCUT2D eigenvalue weighted by Crippen LogP contribution is -2.38. The predicted molar refractivity (Wildman–Crippen MR) is 135 cm³/mol. The van der Waals surface area contributed by atoms with Crippen LogP contribution in [0.25, 0.3) is 10.2 Å². The average Bonchev–Trinajstić information content (AvgIpc) is 3.51. The first-order valence-corrected chi connectivity index (χ1v) is 13.2. The molecular weight excluding hydrogens is 490 g/mol. The van der Waals surface area contributed by atoms with Crippen molar-refractivity contribution in [3.05, 3.63) is 78.6 Å². The van der Waals surface area contributed by atoms with E-state index in [0.29, 0.717) is 37.7 Å². The molecule has 7 nitrogen and oxygen atoms in total. The fraction of sp³-hybridized carbons (Fsp3) is 0.250. The van der Waals surface area contributed by atoms with Gasteiger partial charge >= 0.3 is 5.69 Å². The van der Waals surface area contributed by atoms with Gasteiger partial charge in [0.05, 0.1) is 27.3 Å². The van der Waals surface area contributed by atoms with E-state index in [1.807, 2.05) is 31.4 Å². The molecule has 0 spiro atoms. The van der Waals surface area contributed by atoms with Crippen molar-refractivity contribution in [2.24, 2.45) is 13.0 Å². The Labute approximate surface area is 207 Å². The number of rotatable bonds is 6. The van der Waals surface area contributed by atoms with Gasteiger partial charge in [-0.1, -0.05) is 43.8 Å². The summed E-state index contributed by atoms with van der Waals surface area (Å²) in [4.78, 5) is 55.5. The van der Waals surface area contributed by atoms with Crippen molar-refractivity contribution < 1.29 is 9.59 Å². The number of hydrogen-bond donors (Lipinski definition) is 0. The monoisotopic (exact) mass is 511 g/mol. The van der Waals surface area contributed by atoms with Crippen LogP contribution in [0.1, 0.15) is 39.4 Å². The maximum atomic E-state index is 13.3. The second-order valence-corrected chi connectivity index (χ2v) is 11.8. The first-order valence-electron chi connectivity index (χ1n) is 10.7. The third-order valence-corrected chi connectivity index (χ3v) is 9.14. The number of fused-ring (bicyclic) bond motifs is 2. The van der Waals surface area contributed by atoms with E-state index in [0.717, 1.165) is 8.78 Å². The number of nitrogens with zero attached hydrogens (tertiary/aromatic N) is 3. The van der Waals surface area contributed by atoms with Crippen LogP contribution < -0.4 is 11.2 Å². The number of imide groups is 1. The minimum Gasteiger partial charge on any atom is -0.284 e. The van der Waals surface area contributed by atoms with Crippen molar-refractivity contribution in [3.8, 4) is 0 Å². The second-order valence-electron chi connectivity index (χ2n) is 8.46. The number of thiophene rings is 2. The highest BCUT2D eigenvalue weighted by Gasteiger charge is 2.36. The molecular formula is C24H21N3O4S3. The van der Waals surface area contributed by atoms with Crippen LogP contribution in [0.2, 0.25) is 0 Å². The number of hydrogen-bond acceptors (Lipinski definition) is 7. The Bertz CT molecular complexity index is 1530. The van der Waals surface area contributed by atoms with Gasteiger partial charge in [0.2, 0.25) is 0 Å². The third kappa shape index (κ3) is 3.66. The molecule has 1 aliphatic rings. The molecule has 0 unspecified atom stereocenters. The smallest absolute Gasteiger partial charge is 0.284 e. The molecule has 1 aromatic carbocycles. The fourth-order valence-electron chi connectivity index (χ4n) is 4.04. The summed E-state index contributed by atoms with van der Waals surface area (Å²) in [6.07, 6.45) is 0. The van der Waals surface area contributed by atoms with Crippen LogP contribution in [0.3, 0.4) is 0 Å². The Kier molecular flexibility index (Phi) is 5.83. The van der Waals surface area contributed by atoms with Gasteiger partial charge in [-0.25, -0.2) is 4.79 Å². The van der Waals surface area contributed by atoms with Crippen LogP contribution in [0, 0.1) is 5.92 Å². The van der Waals surface area contributed by atoms with E-state index >= 15 is 0 Å². The lowest BCUT2D eigenvalue weighted by Gasteiger charge is -2.13. The molecule has 0 bridgehead atoms. The van der Waals surface area contributed by atoms with Gasteiger partial charge in [0.15, 0.2) is 0 Å². The lowest BCUT2D eigenvalue weighted by atomic mass is 10.1. The number of carbonyl (C=O) groups excluding carboxylic acids is 2. The minimum atomic E-state index is -0.371. The molecule has 5 rings (SSSR count). The van der Waals surface area contributed by atoms with Crippen LogP contribution in [0.5, 0.6) is 0 Å². The topological polar surface area (TPSA) is 81.4 Å². The molecule has 0 saturated carbocycles. The molecule has 0 atom stereocenters. The molecule has 0 N–H and O–H groups in total. The van der Waals surface area contributed by atoms with Gasteiger partial charge in [0.25, 0.3) is 17.4 Å². The summed E-state index contributed by atoms with van der Waals surface area (Å²) < 4.78 is 3.75. The van der Waals surface area contributed by atoms with Crippen molar-refractivity contribution in [2.45, 2.75) is 36.0 Å². The summed E-state index contributed by atoms with van der Waals surface area (Å²) in [5.74, 6) is -0.510. The van der Waals surface area contributed by atoms with E-state index in [2.05, 4.69) is 0 Å². The molecule has 0 saturated heterocycles. The van der Waals surface area contributed by atoms with Crippen LogP contribution in [0.15, 0.2) is 60.5 Å². The van der Waals surface area contributed by atoms with Gasteiger partial charge in [-0.2, -0.15) is 0 Å². The van der Waals surface area contributed by atoms with E-state index in [9.17, 15) is 19.2 Å². The summed E-state index contributed by atoms with van der Waals surface area (Å²) in [6.45, 7) is 4.52. The Morgan fingerprint density at radius 2 is 1.65 bits per heavy atom. The molecule has 0 aliphatic carbocycles. The first-order chi connectivity index (χ1) is 16.3. The summed E-state index contributed by atoms with van der Waals surface area (Å²) in [5, 5.41) is 2.41. The number of carbonyl (C=O) groups is 2. The molecule has 2 amide bonds. The van der Waals surface area contributed by atoms with Crippen LogP contribution in [0.4, 0.5) is 0 Å². The zero-order valence-corrected chi connectivity index (χ0v) is 21.2. The Hall–Kier alpha value is -2.95. The van der Waals surface area contributed by atoms with Gasteiger partial charge in [0.1, 0.15) is 4.83 Å². The van der Waals surface area contributed by atoms with Crippen LogP contribution in [-0.2, 0) is 20.1 Å². The summed E-state index contributed by atoms with van der Waals surface area (Å²) in [5.41, 5.74) is 0.0266. The highest BCUT2D eigenvalue weighted by molar-refractivity contribution is 8.01. The van der Waals surface area contributed by atoms with Crippen molar-refractivity contribution in [1.29, 1.82) is 0 Å². The summed E-state index contributed by atoms with van der Waals surface area (Å²) in [6, 6.07) is 10.7. The Morgan fingerprint density at radius 3 is 2.24 bits per heavy atom. The van der Waals surface area contributed by atoms with Gasteiger partial charge in [-0.15, -0.1) is 22.7 Å². The van der Waals surface area contributed by atoms with Gasteiger partial charge in [-0.05, 0) is 29.5 Å². The average molecular weight is 512 g/mol. The Balaban J connectivity index is 1.71. The Morgan fingerprint density at radius 1 is 0.971 bits per heavy atom. The molecule has 4 heterocycles. The van der Waals surface area contributed by atoms with Crippen LogP contribution >= 0.6 is 34.4 Å². The van der Waals surface area contributed by atoms with Gasteiger partial charge in [0, 0.05) is 23.4 Å². The van der Waals surface area contributed by atoms with E-state index in [-0.39, 0.29) is 35.5 Å². The number of amides is 2. The third-order valence-electron chi connectivity index (χ3n) is 5.62. The molecule has 0 fully saturated rings. The fourth-order valence-corrected chi connectivity index (χ4v) is 7.40. The van der Waals surface area contributed by atoms with Gasteiger partial charge in [-0.3, -0.25) is 28.4 Å². The van der Waals surface area contributed by atoms with E-state index in [1.165, 1.54) is 35.0 Å². The van der Waals surface area contributed by atoms with Gasteiger partial charge < -0.3 is 0 Å². The van der Waals surface area contributed by atoms with E-state index in [4.69, 9.17) is 0 Å². The highest BCUT2D eigenvalue weighted by atomic mass is 32.2. The highest BCUT2D eigenvalue weighted by Crippen LogP contribution is 2.42. The van der Waals surface area contributed by atoms with E-state index < -0.39 is 0 Å². The molecule has 3 aromatic heterocycles. The molecule has 174 valence electrons. The zero-order chi connectivity index (χ0) is 24.1. The molecule has 10 heteroatoms. The summed E-state index contributed by atoms with van der Waals surface area (Å²) >= 11 is 4.29. The molecule has 4 aromatic rings. The second kappa shape index (κ2) is 8.68. The minimum absolute atomic E-state index is 0.0401. The van der Waals surface area contributed by atoms with Crippen LogP contribution in [-0.4, -0.2) is 25.8 Å². The molecule has 34 heavy (non-hydrogen) atoms. The maximum Gasteiger partial charge on any atom is 0.331 e. The maximum absolute atomic E-state index is 13.3. The van der Waals surface area contributed by atoms with E-state index in [1.54, 1.807) is 40.2 Å². The molecule has 1 aliphatic heterocycles. The lowest BCUT2D eigenvalue weighted by molar-refractivity contribution is 0.0643. The quantitative estimate of drug-likeness (QED) is 0.358. The summed E-state index contributed by atoms with van der Waals surface area (Å²) in [7, 11) is 1.49. The first kappa shape index (κ1) is 22.8. The number of benzene rings is 1. The van der Waals surface area contributed by atoms with Crippen molar-refractivity contribution in [2.75, 3.05) is 0 Å².